The molecular formula is C22H29N5O3. The Morgan fingerprint density at radius 1 is 1.03 bits per heavy atom. The average molecular weight is 412 g/mol. The first-order valence-electron chi connectivity index (χ1n) is 10.5. The molecule has 2 aromatic rings. The van der Waals surface area contributed by atoms with Crippen molar-refractivity contribution < 1.29 is 9.53 Å². The van der Waals surface area contributed by atoms with Crippen molar-refractivity contribution in [3.8, 4) is 5.75 Å². The Morgan fingerprint density at radius 2 is 1.77 bits per heavy atom. The number of ether oxygens (including phenoxy) is 1. The molecule has 2 aliphatic rings. The number of aryl methyl sites for hydroxylation is 1. The average Bonchev–Trinajstić information content (AvgIpc) is 2.80. The van der Waals surface area contributed by atoms with Crippen LogP contribution in [-0.4, -0.2) is 67.0 Å². The molecule has 0 bridgehead atoms. The molecule has 0 radical (unpaired) electrons. The van der Waals surface area contributed by atoms with Gasteiger partial charge in [-0.1, -0.05) is 0 Å². The van der Waals surface area contributed by atoms with Crippen LogP contribution in [0, 0.1) is 5.92 Å². The molecule has 1 aromatic heterocycles. The zero-order valence-electron chi connectivity index (χ0n) is 17.7. The maximum atomic E-state index is 13.2. The third kappa shape index (κ3) is 4.27. The van der Waals surface area contributed by atoms with Crippen LogP contribution in [-0.2, 0) is 11.8 Å². The van der Waals surface area contributed by atoms with Crippen molar-refractivity contribution in [1.29, 1.82) is 0 Å². The highest BCUT2D eigenvalue weighted by Crippen LogP contribution is 2.25. The molecule has 0 N–H and O–H groups in total. The highest BCUT2D eigenvalue weighted by molar-refractivity contribution is 5.80. The normalized spacial score (nSPS) is 19.7. The van der Waals surface area contributed by atoms with Gasteiger partial charge in [-0.05, 0) is 37.1 Å². The van der Waals surface area contributed by atoms with Crippen molar-refractivity contribution >= 4 is 17.3 Å². The van der Waals surface area contributed by atoms with Crippen molar-refractivity contribution in [1.82, 2.24) is 14.7 Å². The lowest BCUT2D eigenvalue weighted by molar-refractivity contribution is -0.136. The van der Waals surface area contributed by atoms with Crippen LogP contribution in [0.3, 0.4) is 0 Å². The fraction of sp³-hybridized carbons (Fsp3) is 0.500. The lowest BCUT2D eigenvalue weighted by Crippen LogP contribution is -2.52. The van der Waals surface area contributed by atoms with Crippen LogP contribution in [0.1, 0.15) is 12.8 Å². The van der Waals surface area contributed by atoms with Gasteiger partial charge in [0.05, 0.1) is 24.9 Å². The molecule has 0 unspecified atom stereocenters. The van der Waals surface area contributed by atoms with Gasteiger partial charge in [0.2, 0.25) is 5.91 Å². The molecule has 30 heavy (non-hydrogen) atoms. The van der Waals surface area contributed by atoms with Gasteiger partial charge in [-0.2, -0.15) is 5.10 Å². The van der Waals surface area contributed by atoms with E-state index in [2.05, 4.69) is 27.0 Å². The van der Waals surface area contributed by atoms with Crippen molar-refractivity contribution in [3.05, 3.63) is 46.9 Å². The predicted molar refractivity (Wildman–Crippen MR) is 116 cm³/mol. The molecule has 0 saturated carbocycles. The van der Waals surface area contributed by atoms with Crippen LogP contribution in [0.5, 0.6) is 5.75 Å². The number of aromatic nitrogens is 2. The molecule has 4 rings (SSSR count). The molecule has 8 nitrogen and oxygen atoms in total. The third-order valence-corrected chi connectivity index (χ3v) is 6.12. The Morgan fingerprint density at radius 3 is 2.43 bits per heavy atom. The van der Waals surface area contributed by atoms with E-state index in [1.807, 2.05) is 17.0 Å². The number of carbonyl (C=O) groups excluding carboxylic acids is 1. The van der Waals surface area contributed by atoms with Crippen LogP contribution in [0.4, 0.5) is 11.4 Å². The van der Waals surface area contributed by atoms with E-state index in [0.717, 1.165) is 62.7 Å². The fourth-order valence-corrected chi connectivity index (χ4v) is 4.28. The van der Waals surface area contributed by atoms with E-state index in [1.165, 1.54) is 4.68 Å². The number of benzene rings is 1. The lowest BCUT2D eigenvalue weighted by Gasteiger charge is -2.40. The van der Waals surface area contributed by atoms with Gasteiger partial charge in [-0.15, -0.1) is 0 Å². The summed E-state index contributed by atoms with van der Waals surface area (Å²) >= 11 is 0. The van der Waals surface area contributed by atoms with Gasteiger partial charge in [0.1, 0.15) is 5.75 Å². The Balaban J connectivity index is 1.35. The molecule has 8 heteroatoms. The molecule has 1 atom stereocenters. The van der Waals surface area contributed by atoms with Crippen molar-refractivity contribution in [2.45, 2.75) is 12.8 Å². The minimum atomic E-state index is -0.129. The highest BCUT2D eigenvalue weighted by Gasteiger charge is 2.31. The van der Waals surface area contributed by atoms with E-state index in [-0.39, 0.29) is 17.4 Å². The monoisotopic (exact) mass is 411 g/mol. The van der Waals surface area contributed by atoms with E-state index in [1.54, 1.807) is 26.4 Å². The molecule has 3 heterocycles. The predicted octanol–water partition coefficient (Wildman–Crippen LogP) is 1.35. The number of anilines is 2. The molecule has 2 saturated heterocycles. The van der Waals surface area contributed by atoms with Gasteiger partial charge in [-0.3, -0.25) is 9.59 Å². The van der Waals surface area contributed by atoms with Crippen LogP contribution < -0.4 is 20.1 Å². The van der Waals surface area contributed by atoms with Gasteiger partial charge >= 0.3 is 0 Å². The number of hydrogen-bond donors (Lipinski definition) is 0. The smallest absolute Gasteiger partial charge is 0.268 e. The lowest BCUT2D eigenvalue weighted by atomic mass is 9.96. The summed E-state index contributed by atoms with van der Waals surface area (Å²) in [6.07, 6.45) is 3.55. The second-order valence-electron chi connectivity index (χ2n) is 7.97. The number of methoxy groups -OCH3 is 1. The summed E-state index contributed by atoms with van der Waals surface area (Å²) in [5.74, 6) is 1.04. The maximum absolute atomic E-state index is 13.2. The van der Waals surface area contributed by atoms with Crippen molar-refractivity contribution in [3.63, 3.8) is 0 Å². The second-order valence-corrected chi connectivity index (χ2v) is 7.97. The summed E-state index contributed by atoms with van der Waals surface area (Å²) in [5.41, 5.74) is 1.83. The number of piperazine rings is 1. The zero-order valence-corrected chi connectivity index (χ0v) is 17.7. The fourth-order valence-electron chi connectivity index (χ4n) is 4.28. The highest BCUT2D eigenvalue weighted by atomic mass is 16.5. The number of piperidine rings is 1. The summed E-state index contributed by atoms with van der Waals surface area (Å²) in [6.45, 7) is 4.61. The van der Waals surface area contributed by atoms with Crippen LogP contribution in [0.15, 0.2) is 41.3 Å². The van der Waals surface area contributed by atoms with E-state index < -0.39 is 0 Å². The molecule has 2 fully saturated rings. The summed E-state index contributed by atoms with van der Waals surface area (Å²) in [6, 6.07) is 9.67. The first kappa shape index (κ1) is 20.3. The molecule has 160 valence electrons. The summed E-state index contributed by atoms with van der Waals surface area (Å²) in [5, 5.41) is 4.12. The third-order valence-electron chi connectivity index (χ3n) is 6.12. The van der Waals surface area contributed by atoms with Gasteiger partial charge in [0.15, 0.2) is 0 Å². The molecule has 2 aliphatic heterocycles. The topological polar surface area (TPSA) is 70.9 Å². The summed E-state index contributed by atoms with van der Waals surface area (Å²) in [7, 11) is 3.31. The van der Waals surface area contributed by atoms with Crippen molar-refractivity contribution in [2.75, 3.05) is 56.2 Å². The summed E-state index contributed by atoms with van der Waals surface area (Å²) in [4.78, 5) is 31.5. The first-order chi connectivity index (χ1) is 14.5. The molecule has 0 spiro atoms. The van der Waals surface area contributed by atoms with Crippen molar-refractivity contribution in [2.24, 2.45) is 13.0 Å². The van der Waals surface area contributed by atoms with Gasteiger partial charge in [0, 0.05) is 58.1 Å². The van der Waals surface area contributed by atoms with E-state index in [9.17, 15) is 9.59 Å². The van der Waals surface area contributed by atoms with Crippen LogP contribution in [0.2, 0.25) is 0 Å². The molecule has 1 amide bonds. The molecule has 0 aliphatic carbocycles. The second kappa shape index (κ2) is 8.77. The van der Waals surface area contributed by atoms with E-state index in [0.29, 0.717) is 6.54 Å². The standard InChI is InChI=1S/C22H29N5O3/c1-24-21(28)14-19(15-23-24)27-9-3-4-17(16-27)22(29)26-12-10-25(11-13-26)18-5-7-20(30-2)8-6-18/h5-8,14-15,17H,3-4,9-13,16H2,1-2H3/t17-/m1/s1. The number of amides is 1. The number of hydrogen-bond acceptors (Lipinski definition) is 6. The number of nitrogens with zero attached hydrogens (tertiary/aromatic N) is 5. The van der Waals surface area contributed by atoms with E-state index in [4.69, 9.17) is 4.74 Å². The zero-order chi connectivity index (χ0) is 21.1. The number of rotatable bonds is 4. The number of carbonyl (C=O) groups is 1. The minimum Gasteiger partial charge on any atom is -0.497 e. The van der Waals surface area contributed by atoms with Gasteiger partial charge < -0.3 is 19.4 Å². The Labute approximate surface area is 176 Å². The Hall–Kier alpha value is -3.03. The quantitative estimate of drug-likeness (QED) is 0.757. The Bertz CT molecular complexity index is 935. The SMILES string of the molecule is COc1ccc(N2CCN(C(=O)[C@@H]3CCCN(c4cnn(C)c(=O)c4)C3)CC2)cc1. The maximum Gasteiger partial charge on any atom is 0.268 e. The van der Waals surface area contributed by atoms with Crippen LogP contribution >= 0.6 is 0 Å². The first-order valence-corrected chi connectivity index (χ1v) is 10.5. The minimum absolute atomic E-state index is 0.0321. The van der Waals surface area contributed by atoms with E-state index >= 15 is 0 Å². The van der Waals surface area contributed by atoms with Gasteiger partial charge in [0.25, 0.3) is 5.56 Å². The molecular weight excluding hydrogens is 382 g/mol. The molecule has 1 aromatic carbocycles. The van der Waals surface area contributed by atoms with Crippen LogP contribution in [0.25, 0.3) is 0 Å². The summed E-state index contributed by atoms with van der Waals surface area (Å²) < 4.78 is 6.55. The Kier molecular flexibility index (Phi) is 5.92. The largest absolute Gasteiger partial charge is 0.497 e. The van der Waals surface area contributed by atoms with Gasteiger partial charge in [-0.25, -0.2) is 4.68 Å².